The van der Waals surface area contributed by atoms with Gasteiger partial charge in [0.1, 0.15) is 24.5 Å². The summed E-state index contributed by atoms with van der Waals surface area (Å²) in [5.41, 5.74) is 0.134. The number of carbonyl (C=O) groups is 1. The van der Waals surface area contributed by atoms with Crippen LogP contribution in [-0.4, -0.2) is 47.2 Å². The van der Waals surface area contributed by atoms with Crippen molar-refractivity contribution in [1.82, 2.24) is 9.88 Å². The van der Waals surface area contributed by atoms with Gasteiger partial charge in [-0.2, -0.15) is 5.26 Å². The van der Waals surface area contributed by atoms with E-state index >= 15 is 0 Å². The van der Waals surface area contributed by atoms with Crippen LogP contribution in [0, 0.1) is 11.3 Å². The van der Waals surface area contributed by atoms with E-state index in [2.05, 4.69) is 11.1 Å². The van der Waals surface area contributed by atoms with Crippen LogP contribution in [0.15, 0.2) is 48.8 Å². The van der Waals surface area contributed by atoms with Crippen molar-refractivity contribution in [1.29, 1.82) is 5.26 Å². The first-order valence-electron chi connectivity index (χ1n) is 8.47. The maximum absolute atomic E-state index is 12.9. The van der Waals surface area contributed by atoms with Crippen molar-refractivity contribution in [2.75, 3.05) is 19.7 Å². The van der Waals surface area contributed by atoms with E-state index in [4.69, 9.17) is 9.47 Å². The van der Waals surface area contributed by atoms with Crippen LogP contribution in [0.25, 0.3) is 0 Å². The molecule has 0 radical (unpaired) electrons. The van der Waals surface area contributed by atoms with Crippen LogP contribution in [0.5, 0.6) is 5.75 Å². The standard InChI is InChI=1S/C20H21N3O3/c1-20(2)14-23(19(24)18-11-22-9-8-15(18)10-21)12-17(26-20)13-25-16-6-4-3-5-7-16/h3-9,11,17H,12-14H2,1-2H3. The lowest BCUT2D eigenvalue weighted by Gasteiger charge is -2.42. The van der Waals surface area contributed by atoms with Gasteiger partial charge >= 0.3 is 0 Å². The van der Waals surface area contributed by atoms with Gasteiger partial charge in [0.25, 0.3) is 5.91 Å². The van der Waals surface area contributed by atoms with E-state index in [9.17, 15) is 10.1 Å². The Balaban J connectivity index is 1.73. The van der Waals surface area contributed by atoms with Crippen molar-refractivity contribution in [3.8, 4) is 11.8 Å². The van der Waals surface area contributed by atoms with Gasteiger partial charge in [-0.25, -0.2) is 0 Å². The summed E-state index contributed by atoms with van der Waals surface area (Å²) in [7, 11) is 0. The van der Waals surface area contributed by atoms with Crippen molar-refractivity contribution >= 4 is 5.91 Å². The van der Waals surface area contributed by atoms with Crippen molar-refractivity contribution in [3.05, 3.63) is 59.9 Å². The molecule has 1 atom stereocenters. The highest BCUT2D eigenvalue weighted by Gasteiger charge is 2.36. The molecule has 1 aliphatic rings. The minimum atomic E-state index is -0.506. The lowest BCUT2D eigenvalue weighted by Crippen LogP contribution is -2.56. The predicted octanol–water partition coefficient (Wildman–Crippen LogP) is 2.65. The summed E-state index contributed by atoms with van der Waals surface area (Å²) in [5, 5.41) is 9.24. The molecular weight excluding hydrogens is 330 g/mol. The third kappa shape index (κ3) is 4.19. The highest BCUT2D eigenvalue weighted by atomic mass is 16.5. The summed E-state index contributed by atoms with van der Waals surface area (Å²) >= 11 is 0. The highest BCUT2D eigenvalue weighted by Crippen LogP contribution is 2.24. The number of rotatable bonds is 4. The zero-order chi connectivity index (χ0) is 18.6. The first-order chi connectivity index (χ1) is 12.5. The van der Waals surface area contributed by atoms with Gasteiger partial charge in [0, 0.05) is 18.9 Å². The van der Waals surface area contributed by atoms with Gasteiger partial charge in [-0.15, -0.1) is 0 Å². The fraction of sp³-hybridized carbons (Fsp3) is 0.350. The van der Waals surface area contributed by atoms with E-state index in [0.29, 0.717) is 30.8 Å². The number of hydrogen-bond acceptors (Lipinski definition) is 5. The van der Waals surface area contributed by atoms with Gasteiger partial charge < -0.3 is 14.4 Å². The molecule has 1 aromatic heterocycles. The number of pyridine rings is 1. The number of nitriles is 1. The van der Waals surface area contributed by atoms with Gasteiger partial charge in [0.05, 0.1) is 23.3 Å². The summed E-state index contributed by atoms with van der Waals surface area (Å²) in [6.07, 6.45) is 2.69. The molecule has 1 unspecified atom stereocenters. The second kappa shape index (κ2) is 7.54. The first-order valence-corrected chi connectivity index (χ1v) is 8.47. The lowest BCUT2D eigenvalue weighted by molar-refractivity contribution is -0.136. The molecule has 6 heteroatoms. The number of amides is 1. The molecule has 1 fully saturated rings. The number of morpholine rings is 1. The normalized spacial score (nSPS) is 18.8. The van der Waals surface area contributed by atoms with Crippen molar-refractivity contribution < 1.29 is 14.3 Å². The Morgan fingerprint density at radius 3 is 2.88 bits per heavy atom. The molecule has 2 aromatic rings. The van der Waals surface area contributed by atoms with Crippen molar-refractivity contribution in [3.63, 3.8) is 0 Å². The van der Waals surface area contributed by atoms with E-state index in [1.807, 2.05) is 44.2 Å². The van der Waals surface area contributed by atoms with E-state index < -0.39 is 5.60 Å². The van der Waals surface area contributed by atoms with Gasteiger partial charge in [0.15, 0.2) is 0 Å². The number of aromatic nitrogens is 1. The largest absolute Gasteiger partial charge is 0.491 e. The maximum atomic E-state index is 12.9. The smallest absolute Gasteiger partial charge is 0.256 e. The molecule has 6 nitrogen and oxygen atoms in total. The Morgan fingerprint density at radius 1 is 1.38 bits per heavy atom. The first kappa shape index (κ1) is 17.9. The fourth-order valence-corrected chi connectivity index (χ4v) is 3.08. The number of carbonyl (C=O) groups excluding carboxylic acids is 1. The summed E-state index contributed by atoms with van der Waals surface area (Å²) < 4.78 is 11.9. The van der Waals surface area contributed by atoms with Crippen LogP contribution < -0.4 is 4.74 Å². The van der Waals surface area contributed by atoms with Crippen LogP contribution in [0.1, 0.15) is 29.8 Å². The van der Waals surface area contributed by atoms with Crippen molar-refractivity contribution in [2.24, 2.45) is 0 Å². The molecule has 26 heavy (non-hydrogen) atoms. The molecule has 0 saturated carbocycles. The van der Waals surface area contributed by atoms with Crippen LogP contribution in [0.4, 0.5) is 0 Å². The quantitative estimate of drug-likeness (QED) is 0.846. The van der Waals surface area contributed by atoms with Crippen LogP contribution in [0.3, 0.4) is 0 Å². The molecule has 1 saturated heterocycles. The highest BCUT2D eigenvalue weighted by molar-refractivity contribution is 5.96. The third-order valence-corrected chi connectivity index (χ3v) is 4.12. The van der Waals surface area contributed by atoms with E-state index in [-0.39, 0.29) is 12.0 Å². The van der Waals surface area contributed by atoms with Crippen LogP contribution in [-0.2, 0) is 4.74 Å². The Hall–Kier alpha value is -2.91. The average Bonchev–Trinajstić information content (AvgIpc) is 2.65. The molecule has 134 valence electrons. The summed E-state index contributed by atoms with van der Waals surface area (Å²) in [6.45, 7) is 5.06. The summed E-state index contributed by atoms with van der Waals surface area (Å²) in [6, 6.07) is 13.1. The van der Waals surface area contributed by atoms with Gasteiger partial charge in [-0.1, -0.05) is 18.2 Å². The van der Waals surface area contributed by atoms with Crippen LogP contribution in [0.2, 0.25) is 0 Å². The molecule has 1 amide bonds. The zero-order valence-corrected chi connectivity index (χ0v) is 14.9. The van der Waals surface area contributed by atoms with Gasteiger partial charge in [-0.05, 0) is 32.0 Å². The molecule has 0 spiro atoms. The summed E-state index contributed by atoms with van der Waals surface area (Å²) in [5.74, 6) is 0.548. The van der Waals surface area contributed by atoms with E-state index in [1.165, 1.54) is 12.4 Å². The molecule has 0 aliphatic carbocycles. The predicted molar refractivity (Wildman–Crippen MR) is 95.7 cm³/mol. The monoisotopic (exact) mass is 351 g/mol. The molecular formula is C20H21N3O3. The van der Waals surface area contributed by atoms with E-state index in [0.717, 1.165) is 5.75 Å². The molecule has 1 aliphatic heterocycles. The fourth-order valence-electron chi connectivity index (χ4n) is 3.08. The minimum absolute atomic E-state index is 0.212. The second-order valence-corrected chi connectivity index (χ2v) is 6.84. The Labute approximate surface area is 153 Å². The average molecular weight is 351 g/mol. The number of para-hydroxylation sites is 1. The lowest BCUT2D eigenvalue weighted by atomic mass is 10.0. The SMILES string of the molecule is CC1(C)CN(C(=O)c2cnccc2C#N)CC(COc2ccccc2)O1. The van der Waals surface area contributed by atoms with E-state index in [1.54, 1.807) is 11.0 Å². The maximum Gasteiger partial charge on any atom is 0.256 e. The topological polar surface area (TPSA) is 75.5 Å². The molecule has 0 N–H and O–H groups in total. The number of ether oxygens (including phenoxy) is 2. The second-order valence-electron chi connectivity index (χ2n) is 6.84. The Morgan fingerprint density at radius 2 is 2.15 bits per heavy atom. The Kier molecular flexibility index (Phi) is 5.19. The minimum Gasteiger partial charge on any atom is -0.491 e. The number of hydrogen-bond donors (Lipinski definition) is 0. The molecule has 3 rings (SSSR count). The van der Waals surface area contributed by atoms with Crippen LogP contribution >= 0.6 is 0 Å². The van der Waals surface area contributed by atoms with Gasteiger partial charge in [0.2, 0.25) is 0 Å². The number of nitrogens with zero attached hydrogens (tertiary/aromatic N) is 3. The Bertz CT molecular complexity index is 815. The number of benzene rings is 1. The van der Waals surface area contributed by atoms with Gasteiger partial charge in [-0.3, -0.25) is 9.78 Å². The molecule has 2 heterocycles. The third-order valence-electron chi connectivity index (χ3n) is 4.12. The van der Waals surface area contributed by atoms with Crippen molar-refractivity contribution in [2.45, 2.75) is 25.6 Å². The molecule has 0 bridgehead atoms. The molecule has 1 aromatic carbocycles. The summed E-state index contributed by atoms with van der Waals surface area (Å²) in [4.78, 5) is 18.6. The zero-order valence-electron chi connectivity index (χ0n) is 14.9.